The quantitative estimate of drug-likeness (QED) is 0.699. The number of β-amino-alcohol motifs (C(OH)–C–C–N with tert-alkyl or cyclic N) is 1. The second-order valence-corrected chi connectivity index (χ2v) is 8.42. The maximum Gasteiger partial charge on any atom is 0.147 e. The monoisotopic (exact) mass is 391 g/mol. The molecule has 0 bridgehead atoms. The predicted molar refractivity (Wildman–Crippen MR) is 114 cm³/mol. The summed E-state index contributed by atoms with van der Waals surface area (Å²) in [5.74, 6) is 2.72. The molecule has 0 amide bonds. The number of nitrogens with one attached hydrogen (secondary N) is 1. The minimum Gasteiger partial charge on any atom is -0.391 e. The molecule has 0 saturated carbocycles. The summed E-state index contributed by atoms with van der Waals surface area (Å²) in [6.07, 6.45) is 2.55. The van der Waals surface area contributed by atoms with E-state index >= 15 is 0 Å². The van der Waals surface area contributed by atoms with Gasteiger partial charge in [-0.05, 0) is 48.7 Å². The van der Waals surface area contributed by atoms with Crippen LogP contribution in [0.25, 0.3) is 10.8 Å². The van der Waals surface area contributed by atoms with Crippen LogP contribution in [-0.2, 0) is 19.5 Å². The number of aliphatic hydroxyl groups excluding tert-OH is 1. The van der Waals surface area contributed by atoms with Gasteiger partial charge in [0.25, 0.3) is 0 Å². The van der Waals surface area contributed by atoms with E-state index in [2.05, 4.69) is 67.4 Å². The third-order valence-electron chi connectivity index (χ3n) is 6.36. The summed E-state index contributed by atoms with van der Waals surface area (Å²) in [4.78, 5) is 2.40. The van der Waals surface area contributed by atoms with Crippen molar-refractivity contribution >= 4 is 10.8 Å². The zero-order chi connectivity index (χ0) is 19.6. The highest BCUT2D eigenvalue weighted by Crippen LogP contribution is 2.28. The first kappa shape index (κ1) is 18.7. The Hall–Kier alpha value is -2.28. The second kappa shape index (κ2) is 8.22. The van der Waals surface area contributed by atoms with Gasteiger partial charge in [-0.2, -0.15) is 0 Å². The molecular formula is C23H29N5O. The smallest absolute Gasteiger partial charge is 0.147 e. The SMILES string of the molecule is OC(Cc1ccc2ccccc2c1)CN1CCC(c2nnc3n2CCNC3)CC1. The lowest BCUT2D eigenvalue weighted by Gasteiger charge is -2.33. The molecule has 0 radical (unpaired) electrons. The van der Waals surface area contributed by atoms with E-state index < -0.39 is 0 Å². The number of hydrogen-bond acceptors (Lipinski definition) is 5. The van der Waals surface area contributed by atoms with Crippen molar-refractivity contribution in [2.45, 2.75) is 44.4 Å². The first-order chi connectivity index (χ1) is 14.3. The van der Waals surface area contributed by atoms with Crippen LogP contribution in [0.5, 0.6) is 0 Å². The Morgan fingerprint density at radius 3 is 2.72 bits per heavy atom. The maximum atomic E-state index is 10.7. The molecule has 1 aromatic heterocycles. The highest BCUT2D eigenvalue weighted by atomic mass is 16.3. The molecule has 5 rings (SSSR count). The zero-order valence-electron chi connectivity index (χ0n) is 16.8. The standard InChI is InChI=1S/C23H29N5O/c29-21(14-17-5-6-18-3-1-2-4-20(18)13-17)16-27-10-7-19(8-11-27)23-26-25-22-15-24-9-12-28(22)23/h1-6,13,19,21,24,29H,7-12,14-16H2. The number of aliphatic hydroxyl groups is 1. The maximum absolute atomic E-state index is 10.7. The van der Waals surface area contributed by atoms with Gasteiger partial charge in [-0.15, -0.1) is 10.2 Å². The van der Waals surface area contributed by atoms with Crippen molar-refractivity contribution in [2.24, 2.45) is 0 Å². The van der Waals surface area contributed by atoms with Gasteiger partial charge in [0, 0.05) is 25.6 Å². The molecule has 3 heterocycles. The summed E-state index contributed by atoms with van der Waals surface area (Å²) < 4.78 is 2.31. The van der Waals surface area contributed by atoms with Crippen LogP contribution in [0.3, 0.4) is 0 Å². The number of likely N-dealkylation sites (tertiary alicyclic amines) is 1. The molecule has 2 N–H and O–H groups in total. The molecule has 2 aliphatic heterocycles. The molecule has 3 aromatic rings. The fraction of sp³-hybridized carbons (Fsp3) is 0.478. The van der Waals surface area contributed by atoms with E-state index in [1.807, 2.05) is 0 Å². The average molecular weight is 392 g/mol. The molecular weight excluding hydrogens is 362 g/mol. The third kappa shape index (κ3) is 4.06. The Kier molecular flexibility index (Phi) is 5.31. The third-order valence-corrected chi connectivity index (χ3v) is 6.36. The number of rotatable bonds is 5. The molecule has 0 aliphatic carbocycles. The van der Waals surface area contributed by atoms with Crippen molar-refractivity contribution in [3.63, 3.8) is 0 Å². The molecule has 1 fully saturated rings. The molecule has 2 aliphatic rings. The average Bonchev–Trinajstić information content (AvgIpc) is 3.18. The highest BCUT2D eigenvalue weighted by Gasteiger charge is 2.27. The van der Waals surface area contributed by atoms with Gasteiger partial charge in [0.1, 0.15) is 11.6 Å². The minimum absolute atomic E-state index is 0.334. The number of aromatic nitrogens is 3. The van der Waals surface area contributed by atoms with Crippen molar-refractivity contribution in [1.29, 1.82) is 0 Å². The summed E-state index contributed by atoms with van der Waals surface area (Å²) in [5, 5.41) is 25.4. The molecule has 6 heteroatoms. The van der Waals surface area contributed by atoms with E-state index in [9.17, 15) is 5.11 Å². The van der Waals surface area contributed by atoms with E-state index in [1.54, 1.807) is 0 Å². The van der Waals surface area contributed by atoms with Crippen molar-refractivity contribution < 1.29 is 5.11 Å². The van der Waals surface area contributed by atoms with E-state index in [-0.39, 0.29) is 6.10 Å². The molecule has 6 nitrogen and oxygen atoms in total. The van der Waals surface area contributed by atoms with Crippen LogP contribution in [-0.4, -0.2) is 57.1 Å². The van der Waals surface area contributed by atoms with E-state index in [0.29, 0.717) is 12.3 Å². The summed E-state index contributed by atoms with van der Waals surface area (Å²) in [6, 6.07) is 14.9. The Labute approximate surface area is 171 Å². The lowest BCUT2D eigenvalue weighted by molar-refractivity contribution is 0.0961. The Bertz CT molecular complexity index is 976. The van der Waals surface area contributed by atoms with Crippen molar-refractivity contribution in [2.75, 3.05) is 26.2 Å². The normalized spacial score (nSPS) is 19.3. The predicted octanol–water partition coefficient (Wildman–Crippen LogP) is 2.32. The van der Waals surface area contributed by atoms with Gasteiger partial charge in [-0.3, -0.25) is 0 Å². The Balaban J connectivity index is 1.15. The van der Waals surface area contributed by atoms with E-state index in [4.69, 9.17) is 0 Å². The minimum atomic E-state index is -0.334. The molecule has 29 heavy (non-hydrogen) atoms. The van der Waals surface area contributed by atoms with Crippen LogP contribution >= 0.6 is 0 Å². The van der Waals surface area contributed by atoms with Gasteiger partial charge in [-0.25, -0.2) is 0 Å². The van der Waals surface area contributed by atoms with Crippen LogP contribution in [0.15, 0.2) is 42.5 Å². The topological polar surface area (TPSA) is 66.2 Å². The number of fused-ring (bicyclic) bond motifs is 2. The van der Waals surface area contributed by atoms with E-state index in [0.717, 1.165) is 63.8 Å². The number of hydrogen-bond donors (Lipinski definition) is 2. The van der Waals surface area contributed by atoms with Crippen LogP contribution < -0.4 is 5.32 Å². The summed E-state index contributed by atoms with van der Waals surface area (Å²) in [5.41, 5.74) is 1.20. The fourth-order valence-electron chi connectivity index (χ4n) is 4.79. The van der Waals surface area contributed by atoms with Crippen molar-refractivity contribution in [3.05, 3.63) is 59.7 Å². The second-order valence-electron chi connectivity index (χ2n) is 8.42. The van der Waals surface area contributed by atoms with Gasteiger partial charge >= 0.3 is 0 Å². The fourth-order valence-corrected chi connectivity index (χ4v) is 4.79. The van der Waals surface area contributed by atoms with Gasteiger partial charge in [0.15, 0.2) is 0 Å². The van der Waals surface area contributed by atoms with Crippen LogP contribution in [0.2, 0.25) is 0 Å². The summed E-state index contributed by atoms with van der Waals surface area (Å²) >= 11 is 0. The molecule has 1 unspecified atom stereocenters. The largest absolute Gasteiger partial charge is 0.391 e. The van der Waals surface area contributed by atoms with Gasteiger partial charge in [0.05, 0.1) is 12.6 Å². The van der Waals surface area contributed by atoms with Crippen molar-refractivity contribution in [1.82, 2.24) is 25.0 Å². The first-order valence-electron chi connectivity index (χ1n) is 10.8. The lowest BCUT2D eigenvalue weighted by Crippen LogP contribution is -2.39. The van der Waals surface area contributed by atoms with Gasteiger partial charge in [0.2, 0.25) is 0 Å². The number of piperidine rings is 1. The molecule has 1 saturated heterocycles. The number of nitrogens with zero attached hydrogens (tertiary/aromatic N) is 4. The lowest BCUT2D eigenvalue weighted by atomic mass is 9.95. The van der Waals surface area contributed by atoms with Gasteiger partial charge in [-0.1, -0.05) is 42.5 Å². The first-order valence-corrected chi connectivity index (χ1v) is 10.8. The van der Waals surface area contributed by atoms with Crippen LogP contribution in [0, 0.1) is 0 Å². The number of benzene rings is 2. The molecule has 2 aromatic carbocycles. The highest BCUT2D eigenvalue weighted by molar-refractivity contribution is 5.82. The molecule has 0 spiro atoms. The van der Waals surface area contributed by atoms with Crippen LogP contribution in [0.1, 0.15) is 36.0 Å². The van der Waals surface area contributed by atoms with Gasteiger partial charge < -0.3 is 19.9 Å². The summed E-state index contributed by atoms with van der Waals surface area (Å²) in [6.45, 7) is 5.56. The van der Waals surface area contributed by atoms with E-state index in [1.165, 1.54) is 16.3 Å². The molecule has 152 valence electrons. The molecule has 1 atom stereocenters. The Morgan fingerprint density at radius 2 is 1.86 bits per heavy atom. The Morgan fingerprint density at radius 1 is 1.03 bits per heavy atom. The zero-order valence-corrected chi connectivity index (χ0v) is 16.8. The summed E-state index contributed by atoms with van der Waals surface area (Å²) in [7, 11) is 0. The van der Waals surface area contributed by atoms with Crippen LogP contribution in [0.4, 0.5) is 0 Å². The van der Waals surface area contributed by atoms with Crippen molar-refractivity contribution in [3.8, 4) is 0 Å².